The summed E-state index contributed by atoms with van der Waals surface area (Å²) in [5.41, 5.74) is 6.44. The molecule has 0 aromatic heterocycles. The summed E-state index contributed by atoms with van der Waals surface area (Å²) < 4.78 is 13.7. The Morgan fingerprint density at radius 3 is 2.76 bits per heavy atom. The summed E-state index contributed by atoms with van der Waals surface area (Å²) in [4.78, 5) is 12.7. The number of carbonyl (C=O) groups excluding carboxylic acids is 1. The van der Waals surface area contributed by atoms with Crippen LogP contribution in [0.4, 0.5) is 10.1 Å². The van der Waals surface area contributed by atoms with Gasteiger partial charge in [-0.15, -0.1) is 0 Å². The summed E-state index contributed by atoms with van der Waals surface area (Å²) in [6.45, 7) is 3.01. The molecule has 0 heterocycles. The summed E-state index contributed by atoms with van der Waals surface area (Å²) in [5, 5.41) is 2.91. The van der Waals surface area contributed by atoms with E-state index in [2.05, 4.69) is 5.32 Å². The van der Waals surface area contributed by atoms with E-state index in [1.807, 2.05) is 6.92 Å². The third-order valence-corrected chi connectivity index (χ3v) is 2.52. The minimum atomic E-state index is -0.425. The summed E-state index contributed by atoms with van der Waals surface area (Å²) in [5.74, 6) is -0.703. The average molecular weight is 239 g/mol. The minimum Gasteiger partial charge on any atom is -0.368 e. The zero-order valence-corrected chi connectivity index (χ0v) is 10.2. The Morgan fingerprint density at radius 1 is 1.53 bits per heavy atom. The number of carbonyl (C=O) groups is 1. The lowest BCUT2D eigenvalue weighted by atomic mass is 10.1. The summed E-state index contributed by atoms with van der Waals surface area (Å²) in [7, 11) is 1.75. The number of likely N-dealkylation sites (N-methyl/N-ethyl adjacent to an activating group) is 1. The molecule has 0 saturated carbocycles. The highest BCUT2D eigenvalue weighted by Crippen LogP contribution is 2.22. The maximum absolute atomic E-state index is 13.7. The zero-order chi connectivity index (χ0) is 12.8. The first-order valence-corrected chi connectivity index (χ1v) is 5.55. The van der Waals surface area contributed by atoms with Crippen LogP contribution in [-0.4, -0.2) is 26.0 Å². The van der Waals surface area contributed by atoms with Crippen LogP contribution in [0.15, 0.2) is 18.2 Å². The number of hydrogen-bond acceptors (Lipinski definition) is 3. The summed E-state index contributed by atoms with van der Waals surface area (Å²) >= 11 is 0. The van der Waals surface area contributed by atoms with Crippen LogP contribution in [0.3, 0.4) is 0 Å². The molecule has 1 aromatic carbocycles. The predicted octanol–water partition coefficient (Wildman–Crippen LogP) is 0.857. The van der Waals surface area contributed by atoms with Crippen LogP contribution in [0.1, 0.15) is 12.5 Å². The van der Waals surface area contributed by atoms with Gasteiger partial charge in [-0.25, -0.2) is 4.39 Å². The highest BCUT2D eigenvalue weighted by molar-refractivity contribution is 5.80. The summed E-state index contributed by atoms with van der Waals surface area (Å²) in [6, 6.07) is 4.84. The minimum absolute atomic E-state index is 0.0939. The van der Waals surface area contributed by atoms with Crippen molar-refractivity contribution in [1.82, 2.24) is 5.32 Å². The first-order chi connectivity index (χ1) is 8.10. The molecule has 1 amide bonds. The Morgan fingerprint density at radius 2 is 2.24 bits per heavy atom. The van der Waals surface area contributed by atoms with Crippen molar-refractivity contribution < 1.29 is 9.18 Å². The van der Waals surface area contributed by atoms with Crippen molar-refractivity contribution in [2.24, 2.45) is 5.73 Å². The second-order valence-electron chi connectivity index (χ2n) is 3.75. The van der Waals surface area contributed by atoms with E-state index in [9.17, 15) is 9.18 Å². The lowest BCUT2D eigenvalue weighted by Gasteiger charge is -2.24. The molecule has 1 rings (SSSR count). The Bertz CT molecular complexity index is 395. The maximum atomic E-state index is 13.7. The van der Waals surface area contributed by atoms with Gasteiger partial charge in [-0.1, -0.05) is 6.07 Å². The average Bonchev–Trinajstić information content (AvgIpc) is 2.29. The number of benzene rings is 1. The quantitative estimate of drug-likeness (QED) is 0.774. The number of nitrogens with one attached hydrogen (secondary N) is 1. The number of rotatable bonds is 6. The molecule has 0 fully saturated rings. The number of hydrogen-bond donors (Lipinski definition) is 2. The Labute approximate surface area is 101 Å². The van der Waals surface area contributed by atoms with Gasteiger partial charge >= 0.3 is 0 Å². The lowest BCUT2D eigenvalue weighted by molar-refractivity contribution is -0.116. The van der Waals surface area contributed by atoms with Gasteiger partial charge in [-0.3, -0.25) is 4.79 Å². The second-order valence-corrected chi connectivity index (χ2v) is 3.75. The molecule has 1 aromatic rings. The normalized spacial score (nSPS) is 10.3. The fraction of sp³-hybridized carbons (Fsp3) is 0.417. The van der Waals surface area contributed by atoms with E-state index in [1.165, 1.54) is 6.07 Å². The fourth-order valence-electron chi connectivity index (χ4n) is 1.75. The molecule has 0 aliphatic heterocycles. The molecule has 0 aliphatic rings. The van der Waals surface area contributed by atoms with Crippen molar-refractivity contribution in [3.63, 3.8) is 0 Å². The van der Waals surface area contributed by atoms with Crippen molar-refractivity contribution in [3.05, 3.63) is 29.6 Å². The molecule has 0 radical (unpaired) electrons. The topological polar surface area (TPSA) is 58.4 Å². The SMILES string of the molecule is CCN(CC(N)=O)c1cccc(F)c1CNC. The van der Waals surface area contributed by atoms with E-state index in [4.69, 9.17) is 5.73 Å². The van der Waals surface area contributed by atoms with Gasteiger partial charge in [0, 0.05) is 24.3 Å². The Hall–Kier alpha value is -1.62. The molecule has 3 N–H and O–H groups in total. The highest BCUT2D eigenvalue weighted by atomic mass is 19.1. The molecule has 0 atom stereocenters. The van der Waals surface area contributed by atoms with E-state index in [0.717, 1.165) is 0 Å². The lowest BCUT2D eigenvalue weighted by Crippen LogP contribution is -2.34. The van der Waals surface area contributed by atoms with Gasteiger partial charge in [0.1, 0.15) is 5.82 Å². The second kappa shape index (κ2) is 6.20. The van der Waals surface area contributed by atoms with Gasteiger partial charge in [-0.2, -0.15) is 0 Å². The fourth-order valence-corrected chi connectivity index (χ4v) is 1.75. The first kappa shape index (κ1) is 13.4. The number of nitrogens with zero attached hydrogens (tertiary/aromatic N) is 1. The molecule has 5 heteroatoms. The molecule has 0 aliphatic carbocycles. The molecule has 4 nitrogen and oxygen atoms in total. The van der Waals surface area contributed by atoms with Gasteiger partial charge in [0.15, 0.2) is 0 Å². The van der Waals surface area contributed by atoms with Crippen LogP contribution in [0, 0.1) is 5.82 Å². The largest absolute Gasteiger partial charge is 0.368 e. The van der Waals surface area contributed by atoms with E-state index >= 15 is 0 Å². The standard InChI is InChI=1S/C12H18FN3O/c1-3-16(8-12(14)17)11-6-4-5-10(13)9(11)7-15-2/h4-6,15H,3,7-8H2,1-2H3,(H2,14,17). The van der Waals surface area contributed by atoms with Crippen LogP contribution < -0.4 is 16.0 Å². The summed E-state index contributed by atoms with van der Waals surface area (Å²) in [6.07, 6.45) is 0. The molecule has 17 heavy (non-hydrogen) atoms. The van der Waals surface area contributed by atoms with E-state index in [-0.39, 0.29) is 12.4 Å². The molecule has 0 unspecified atom stereocenters. The van der Waals surface area contributed by atoms with Gasteiger partial charge in [0.2, 0.25) is 5.91 Å². The number of halogens is 1. The van der Waals surface area contributed by atoms with Gasteiger partial charge in [-0.05, 0) is 26.1 Å². The van der Waals surface area contributed by atoms with Gasteiger partial charge in [0.25, 0.3) is 0 Å². The first-order valence-electron chi connectivity index (χ1n) is 5.55. The zero-order valence-electron chi connectivity index (χ0n) is 10.2. The van der Waals surface area contributed by atoms with Gasteiger partial charge in [0.05, 0.1) is 6.54 Å². The molecule has 0 bridgehead atoms. The third kappa shape index (κ3) is 3.42. The van der Waals surface area contributed by atoms with Gasteiger partial charge < -0.3 is 16.0 Å². The number of nitrogens with two attached hydrogens (primary N) is 1. The van der Waals surface area contributed by atoms with Crippen LogP contribution in [0.5, 0.6) is 0 Å². The van der Waals surface area contributed by atoms with Crippen LogP contribution in [-0.2, 0) is 11.3 Å². The Balaban J connectivity index is 3.08. The van der Waals surface area contributed by atoms with Crippen molar-refractivity contribution in [3.8, 4) is 0 Å². The molecular weight excluding hydrogens is 221 g/mol. The van der Waals surface area contributed by atoms with Crippen LogP contribution >= 0.6 is 0 Å². The maximum Gasteiger partial charge on any atom is 0.236 e. The van der Waals surface area contributed by atoms with Crippen LogP contribution in [0.2, 0.25) is 0 Å². The number of amides is 1. The molecular formula is C12H18FN3O. The number of anilines is 1. The van der Waals surface area contributed by atoms with E-state index in [1.54, 1.807) is 24.1 Å². The monoisotopic (exact) mass is 239 g/mol. The predicted molar refractivity (Wildman–Crippen MR) is 66.2 cm³/mol. The van der Waals surface area contributed by atoms with Crippen molar-refractivity contribution in [2.75, 3.05) is 25.0 Å². The Kier molecular flexibility index (Phi) is 4.90. The van der Waals surface area contributed by atoms with Crippen molar-refractivity contribution in [1.29, 1.82) is 0 Å². The third-order valence-electron chi connectivity index (χ3n) is 2.52. The highest BCUT2D eigenvalue weighted by Gasteiger charge is 2.14. The molecule has 0 spiro atoms. The number of primary amides is 1. The molecule has 94 valence electrons. The van der Waals surface area contributed by atoms with E-state index < -0.39 is 5.91 Å². The van der Waals surface area contributed by atoms with E-state index in [0.29, 0.717) is 24.3 Å². The van der Waals surface area contributed by atoms with Crippen LogP contribution in [0.25, 0.3) is 0 Å². The van der Waals surface area contributed by atoms with Crippen molar-refractivity contribution in [2.45, 2.75) is 13.5 Å². The smallest absolute Gasteiger partial charge is 0.236 e. The van der Waals surface area contributed by atoms with Crippen molar-refractivity contribution >= 4 is 11.6 Å². The molecule has 0 saturated heterocycles.